The number of aliphatic hydroxyl groups is 1. The number of nitrogens with zero attached hydrogens (tertiary/aromatic N) is 3. The zero-order chi connectivity index (χ0) is 15.1. The van der Waals surface area contributed by atoms with Crippen molar-refractivity contribution in [2.45, 2.75) is 63.8 Å². The lowest BCUT2D eigenvalue weighted by molar-refractivity contribution is 0.105. The monoisotopic (exact) mass is 313 g/mol. The lowest BCUT2D eigenvalue weighted by atomic mass is 9.94. The Labute approximate surface area is 131 Å². The van der Waals surface area contributed by atoms with E-state index < -0.39 is 0 Å². The van der Waals surface area contributed by atoms with Gasteiger partial charge in [0.1, 0.15) is 0 Å². The van der Waals surface area contributed by atoms with Gasteiger partial charge in [0.2, 0.25) is 5.89 Å². The lowest BCUT2D eigenvalue weighted by Gasteiger charge is -2.32. The predicted octanol–water partition coefficient (Wildman–Crippen LogP) is 3.01. The number of hydrogen-bond acceptors (Lipinski definition) is 6. The van der Waals surface area contributed by atoms with Crippen molar-refractivity contribution in [3.63, 3.8) is 0 Å². The van der Waals surface area contributed by atoms with Gasteiger partial charge < -0.3 is 9.63 Å². The first kappa shape index (κ1) is 16.8. The van der Waals surface area contributed by atoms with E-state index in [4.69, 9.17) is 4.52 Å². The van der Waals surface area contributed by atoms with E-state index in [-0.39, 0.29) is 11.9 Å². The molecule has 1 fully saturated rings. The molecule has 0 aliphatic heterocycles. The molecule has 1 atom stereocenters. The molecule has 1 heterocycles. The molecule has 1 aromatic rings. The molecule has 120 valence electrons. The minimum atomic E-state index is 0.180. The lowest BCUT2D eigenvalue weighted by Crippen LogP contribution is -2.38. The molecule has 21 heavy (non-hydrogen) atoms. The molecule has 0 aromatic carbocycles. The molecule has 1 N–H and O–H groups in total. The van der Waals surface area contributed by atoms with Crippen molar-refractivity contribution >= 4 is 11.8 Å². The highest BCUT2D eigenvalue weighted by molar-refractivity contribution is 7.99. The Balaban J connectivity index is 1.96. The van der Waals surface area contributed by atoms with Gasteiger partial charge in [-0.15, -0.1) is 0 Å². The minimum Gasteiger partial charge on any atom is -0.395 e. The molecule has 1 unspecified atom stereocenters. The highest BCUT2D eigenvalue weighted by Gasteiger charge is 2.23. The molecule has 6 heteroatoms. The number of rotatable bonds is 8. The van der Waals surface area contributed by atoms with Crippen molar-refractivity contribution in [3.8, 4) is 0 Å². The van der Waals surface area contributed by atoms with E-state index in [9.17, 15) is 5.11 Å². The highest BCUT2D eigenvalue weighted by Crippen LogP contribution is 2.26. The first-order valence-corrected chi connectivity index (χ1v) is 9.08. The van der Waals surface area contributed by atoms with Gasteiger partial charge in [-0.1, -0.05) is 31.3 Å². The third-order valence-electron chi connectivity index (χ3n) is 4.08. The van der Waals surface area contributed by atoms with Crippen LogP contribution in [0.4, 0.5) is 0 Å². The summed E-state index contributed by atoms with van der Waals surface area (Å²) < 4.78 is 5.40. The molecule has 5 nitrogen and oxygen atoms in total. The summed E-state index contributed by atoms with van der Waals surface area (Å²) in [5.74, 6) is 2.50. The Morgan fingerprint density at radius 3 is 2.81 bits per heavy atom. The molecular formula is C15H27N3O2S. The van der Waals surface area contributed by atoms with E-state index in [0.717, 1.165) is 11.6 Å². The van der Waals surface area contributed by atoms with Crippen LogP contribution in [0.15, 0.2) is 4.52 Å². The third kappa shape index (κ3) is 4.97. The largest absolute Gasteiger partial charge is 0.395 e. The van der Waals surface area contributed by atoms with Crippen LogP contribution in [0, 0.1) is 0 Å². The van der Waals surface area contributed by atoms with E-state index in [1.165, 1.54) is 32.1 Å². The van der Waals surface area contributed by atoms with E-state index in [0.29, 0.717) is 25.0 Å². The zero-order valence-electron chi connectivity index (χ0n) is 13.1. The summed E-state index contributed by atoms with van der Waals surface area (Å²) in [6.07, 6.45) is 6.32. The van der Waals surface area contributed by atoms with Gasteiger partial charge in [0.05, 0.1) is 18.4 Å². The van der Waals surface area contributed by atoms with Gasteiger partial charge in [0.15, 0.2) is 5.82 Å². The molecule has 1 aromatic heterocycles. The van der Waals surface area contributed by atoms with E-state index in [2.05, 4.69) is 28.9 Å². The van der Waals surface area contributed by atoms with Crippen LogP contribution in [0.25, 0.3) is 0 Å². The van der Waals surface area contributed by atoms with Gasteiger partial charge in [0.25, 0.3) is 0 Å². The van der Waals surface area contributed by atoms with Crippen LogP contribution < -0.4 is 0 Å². The molecule has 2 rings (SSSR count). The Kier molecular flexibility index (Phi) is 6.99. The molecule has 0 radical (unpaired) electrons. The summed E-state index contributed by atoms with van der Waals surface area (Å²) in [6, 6.07) is 0.545. The fourth-order valence-electron chi connectivity index (χ4n) is 2.96. The van der Waals surface area contributed by atoms with Gasteiger partial charge in [-0.2, -0.15) is 16.7 Å². The molecule has 1 aliphatic rings. The quantitative estimate of drug-likeness (QED) is 0.796. The van der Waals surface area contributed by atoms with Crippen LogP contribution in [0.2, 0.25) is 0 Å². The summed E-state index contributed by atoms with van der Waals surface area (Å²) in [4.78, 5) is 6.82. The topological polar surface area (TPSA) is 62.4 Å². The Hall–Kier alpha value is -0.590. The summed E-state index contributed by atoms with van der Waals surface area (Å²) in [6.45, 7) is 5.76. The smallest absolute Gasteiger partial charge is 0.240 e. The maximum atomic E-state index is 9.30. The maximum Gasteiger partial charge on any atom is 0.240 e. The average Bonchev–Trinajstić information content (AvgIpc) is 2.97. The Morgan fingerprint density at radius 2 is 2.14 bits per heavy atom. The Bertz CT molecular complexity index is 407. The second-order valence-corrected chi connectivity index (χ2v) is 7.25. The molecule has 1 aliphatic carbocycles. The SMILES string of the molecule is CCSC(C)c1noc(CN(CCO)C2CCCCC2)n1. The van der Waals surface area contributed by atoms with Crippen LogP contribution in [-0.4, -0.2) is 45.1 Å². The number of aliphatic hydroxyl groups excluding tert-OH is 1. The summed E-state index contributed by atoms with van der Waals surface area (Å²) >= 11 is 1.82. The van der Waals surface area contributed by atoms with Crippen molar-refractivity contribution in [2.24, 2.45) is 0 Å². The average molecular weight is 313 g/mol. The van der Waals surface area contributed by atoms with Gasteiger partial charge in [-0.25, -0.2) is 0 Å². The van der Waals surface area contributed by atoms with Crippen molar-refractivity contribution in [3.05, 3.63) is 11.7 Å². The Morgan fingerprint density at radius 1 is 1.38 bits per heavy atom. The number of hydrogen-bond donors (Lipinski definition) is 1. The maximum absolute atomic E-state index is 9.30. The molecule has 0 spiro atoms. The normalized spacial score (nSPS) is 18.3. The molecule has 1 saturated carbocycles. The first-order chi connectivity index (χ1) is 10.2. The fraction of sp³-hybridized carbons (Fsp3) is 0.867. The van der Waals surface area contributed by atoms with Crippen molar-refractivity contribution in [1.29, 1.82) is 0 Å². The summed E-state index contributed by atoms with van der Waals surface area (Å²) in [5, 5.41) is 13.7. The zero-order valence-corrected chi connectivity index (χ0v) is 13.9. The second kappa shape index (κ2) is 8.76. The third-order valence-corrected chi connectivity index (χ3v) is 5.12. The van der Waals surface area contributed by atoms with Gasteiger partial charge in [-0.3, -0.25) is 4.90 Å². The fourth-order valence-corrected chi connectivity index (χ4v) is 3.71. The van der Waals surface area contributed by atoms with Gasteiger partial charge in [0, 0.05) is 12.6 Å². The second-order valence-electron chi connectivity index (χ2n) is 5.63. The van der Waals surface area contributed by atoms with Gasteiger partial charge in [-0.05, 0) is 25.5 Å². The van der Waals surface area contributed by atoms with Crippen molar-refractivity contribution in [1.82, 2.24) is 15.0 Å². The van der Waals surface area contributed by atoms with E-state index >= 15 is 0 Å². The first-order valence-electron chi connectivity index (χ1n) is 8.03. The van der Waals surface area contributed by atoms with Crippen LogP contribution in [0.1, 0.15) is 62.9 Å². The highest BCUT2D eigenvalue weighted by atomic mass is 32.2. The standard InChI is InChI=1S/C15H27N3O2S/c1-3-21-12(2)15-16-14(20-17-15)11-18(9-10-19)13-7-5-4-6-8-13/h12-13,19H,3-11H2,1-2H3. The van der Waals surface area contributed by atoms with Crippen LogP contribution >= 0.6 is 11.8 Å². The van der Waals surface area contributed by atoms with Crippen LogP contribution in [-0.2, 0) is 6.54 Å². The summed E-state index contributed by atoms with van der Waals surface area (Å²) in [5.41, 5.74) is 0. The van der Waals surface area contributed by atoms with Gasteiger partial charge >= 0.3 is 0 Å². The van der Waals surface area contributed by atoms with E-state index in [1.807, 2.05) is 11.8 Å². The van der Waals surface area contributed by atoms with E-state index in [1.54, 1.807) is 0 Å². The molecule has 0 amide bonds. The minimum absolute atomic E-state index is 0.180. The molecule has 0 saturated heterocycles. The van der Waals surface area contributed by atoms with Crippen LogP contribution in [0.3, 0.4) is 0 Å². The van der Waals surface area contributed by atoms with Crippen LogP contribution in [0.5, 0.6) is 0 Å². The molecule has 0 bridgehead atoms. The van der Waals surface area contributed by atoms with Crippen molar-refractivity contribution < 1.29 is 9.63 Å². The predicted molar refractivity (Wildman–Crippen MR) is 85.2 cm³/mol. The number of aromatic nitrogens is 2. The number of thioether (sulfide) groups is 1. The molecular weight excluding hydrogens is 286 g/mol. The summed E-state index contributed by atoms with van der Waals surface area (Å²) in [7, 11) is 0. The van der Waals surface area contributed by atoms with Crippen molar-refractivity contribution in [2.75, 3.05) is 18.9 Å².